The van der Waals surface area contributed by atoms with Crippen molar-refractivity contribution in [1.82, 2.24) is 9.97 Å². The molecule has 38 heavy (non-hydrogen) atoms. The molecule has 1 saturated carbocycles. The van der Waals surface area contributed by atoms with Crippen LogP contribution in [0, 0.1) is 16.0 Å². The third-order valence-corrected chi connectivity index (χ3v) is 7.70. The van der Waals surface area contributed by atoms with Crippen molar-refractivity contribution < 1.29 is 24.0 Å². The number of aliphatic hydroxyl groups excluding tert-OH is 1. The van der Waals surface area contributed by atoms with Crippen LogP contribution in [-0.2, 0) is 11.2 Å². The zero-order chi connectivity index (χ0) is 26.2. The molecule has 2 aromatic carbocycles. The first-order valence-electron chi connectivity index (χ1n) is 12.6. The summed E-state index contributed by atoms with van der Waals surface area (Å²) in [6.07, 6.45) is 5.79. The lowest BCUT2D eigenvalue weighted by atomic mass is 9.98. The van der Waals surface area contributed by atoms with E-state index in [2.05, 4.69) is 33.5 Å². The highest BCUT2D eigenvalue weighted by atomic mass is 16.6. The summed E-state index contributed by atoms with van der Waals surface area (Å²) in [6, 6.07) is 13.8. The highest BCUT2D eigenvalue weighted by Crippen LogP contribution is 2.44. The summed E-state index contributed by atoms with van der Waals surface area (Å²) in [5.74, 6) is -0.216. The minimum Gasteiger partial charge on any atom is -0.458 e. The number of non-ortho nitro benzene ring substituents is 1. The van der Waals surface area contributed by atoms with E-state index in [-0.39, 0.29) is 35.7 Å². The molecule has 0 aliphatic heterocycles. The number of rotatable bonds is 7. The van der Waals surface area contributed by atoms with Crippen LogP contribution in [0.2, 0.25) is 0 Å². The van der Waals surface area contributed by atoms with E-state index < -0.39 is 17.0 Å². The van der Waals surface area contributed by atoms with Crippen molar-refractivity contribution in [3.8, 4) is 0 Å². The Morgan fingerprint density at radius 3 is 2.74 bits per heavy atom. The number of ether oxygens (including phenoxy) is 1. The van der Waals surface area contributed by atoms with Gasteiger partial charge in [0.05, 0.1) is 22.8 Å². The van der Waals surface area contributed by atoms with Gasteiger partial charge in [0.1, 0.15) is 17.9 Å². The average Bonchev–Trinajstić information content (AvgIpc) is 3.66. The molecule has 1 fully saturated rings. The summed E-state index contributed by atoms with van der Waals surface area (Å²) in [5.41, 5.74) is 4.91. The van der Waals surface area contributed by atoms with Gasteiger partial charge in [0.15, 0.2) is 11.4 Å². The first kappa shape index (κ1) is 24.1. The lowest BCUT2D eigenvalue weighted by Gasteiger charge is -2.17. The molecule has 2 N–H and O–H groups in total. The number of anilines is 1. The fraction of sp³-hybridized carbons (Fsp3) is 0.321. The van der Waals surface area contributed by atoms with E-state index in [0.29, 0.717) is 29.8 Å². The van der Waals surface area contributed by atoms with Gasteiger partial charge in [0.2, 0.25) is 0 Å². The second-order valence-electron chi connectivity index (χ2n) is 9.88. The second-order valence-corrected chi connectivity index (χ2v) is 9.88. The number of esters is 1. The van der Waals surface area contributed by atoms with Gasteiger partial charge < -0.3 is 19.6 Å². The summed E-state index contributed by atoms with van der Waals surface area (Å²) in [4.78, 5) is 32.0. The molecule has 194 valence electrons. The molecule has 6 rings (SSSR count). The highest BCUT2D eigenvalue weighted by molar-refractivity contribution is 5.90. The first-order chi connectivity index (χ1) is 18.5. The summed E-state index contributed by atoms with van der Waals surface area (Å²) >= 11 is 0. The monoisotopic (exact) mass is 514 g/mol. The van der Waals surface area contributed by atoms with E-state index in [1.165, 1.54) is 41.7 Å². The normalized spacial score (nSPS) is 22.3. The van der Waals surface area contributed by atoms with Gasteiger partial charge in [-0.1, -0.05) is 24.3 Å². The fourth-order valence-corrected chi connectivity index (χ4v) is 5.74. The first-order valence-corrected chi connectivity index (χ1v) is 12.6. The lowest BCUT2D eigenvalue weighted by Crippen LogP contribution is -2.24. The minimum absolute atomic E-state index is 0.0296. The molecule has 2 aliphatic carbocycles. The molecule has 3 unspecified atom stereocenters. The van der Waals surface area contributed by atoms with Crippen LogP contribution >= 0.6 is 0 Å². The largest absolute Gasteiger partial charge is 0.458 e. The van der Waals surface area contributed by atoms with Gasteiger partial charge in [-0.15, -0.1) is 0 Å². The Bertz CT molecular complexity index is 1500. The van der Waals surface area contributed by atoms with Crippen LogP contribution in [0.4, 0.5) is 11.5 Å². The van der Waals surface area contributed by atoms with Gasteiger partial charge in [-0.3, -0.25) is 10.1 Å². The summed E-state index contributed by atoms with van der Waals surface area (Å²) in [5, 5.41) is 24.4. The van der Waals surface area contributed by atoms with Gasteiger partial charge in [-0.25, -0.2) is 14.8 Å². The Balaban J connectivity index is 1.19. The van der Waals surface area contributed by atoms with Crippen molar-refractivity contribution >= 4 is 28.6 Å². The van der Waals surface area contributed by atoms with E-state index in [1.807, 2.05) is 6.07 Å². The number of aromatic nitrogens is 2. The number of benzene rings is 2. The lowest BCUT2D eigenvalue weighted by molar-refractivity contribution is -0.384. The molecular formula is C28H26N4O6. The Kier molecular flexibility index (Phi) is 6.24. The topological polar surface area (TPSA) is 141 Å². The highest BCUT2D eigenvalue weighted by Gasteiger charge is 2.39. The number of hydrogen-bond donors (Lipinski definition) is 2. The maximum Gasteiger partial charge on any atom is 0.338 e. The number of carbonyl (C=O) groups excluding carboxylic acids is 1. The van der Waals surface area contributed by atoms with E-state index in [0.717, 1.165) is 18.4 Å². The van der Waals surface area contributed by atoms with E-state index >= 15 is 0 Å². The van der Waals surface area contributed by atoms with Gasteiger partial charge in [0, 0.05) is 30.2 Å². The van der Waals surface area contributed by atoms with Crippen molar-refractivity contribution in [3.05, 3.63) is 93.5 Å². The molecule has 0 amide bonds. The van der Waals surface area contributed by atoms with Gasteiger partial charge in [0.25, 0.3) is 5.69 Å². The summed E-state index contributed by atoms with van der Waals surface area (Å²) in [6.45, 7) is -0.132. The van der Waals surface area contributed by atoms with Crippen LogP contribution in [0.25, 0.3) is 11.1 Å². The molecule has 0 spiro atoms. The van der Waals surface area contributed by atoms with Crippen LogP contribution in [0.3, 0.4) is 0 Å². The van der Waals surface area contributed by atoms with Crippen molar-refractivity contribution in [1.29, 1.82) is 0 Å². The van der Waals surface area contributed by atoms with E-state index in [1.54, 1.807) is 6.26 Å². The standard InChI is InChI=1S/C28H26N4O6/c33-13-19-11-18(12-24(19)38-28(34)17-5-8-20(9-6-17)32(35)36)22-14-37-26-25(22)29-15-30-27(26)31-23-10-7-16-3-1-2-4-21(16)23/h1-6,8-9,14-15,18-19,23-24,33H,7,10-13H2,(H,29,30,31)/t18?,19?,23-,24?/m0/s1. The third kappa shape index (κ3) is 4.37. The Morgan fingerprint density at radius 2 is 1.95 bits per heavy atom. The number of aryl methyl sites for hydroxylation is 1. The Hall–Kier alpha value is -4.31. The molecule has 10 heteroatoms. The maximum absolute atomic E-state index is 12.7. The molecule has 10 nitrogen and oxygen atoms in total. The molecule has 0 saturated heterocycles. The maximum atomic E-state index is 12.7. The number of carbonyl (C=O) groups is 1. The van der Waals surface area contributed by atoms with Crippen molar-refractivity contribution in [3.63, 3.8) is 0 Å². The van der Waals surface area contributed by atoms with Gasteiger partial charge >= 0.3 is 5.97 Å². The molecule has 2 aromatic heterocycles. The molecule has 4 atom stereocenters. The van der Waals surface area contributed by atoms with Crippen LogP contribution < -0.4 is 5.32 Å². The number of nitro groups is 1. The fourth-order valence-electron chi connectivity index (χ4n) is 5.74. The molecule has 2 aliphatic rings. The van der Waals surface area contributed by atoms with Crippen molar-refractivity contribution in [2.45, 2.75) is 43.7 Å². The van der Waals surface area contributed by atoms with Crippen LogP contribution in [0.15, 0.2) is 65.5 Å². The van der Waals surface area contributed by atoms with E-state index in [4.69, 9.17) is 9.15 Å². The number of hydrogen-bond acceptors (Lipinski definition) is 9. The zero-order valence-electron chi connectivity index (χ0n) is 20.4. The number of aliphatic hydroxyl groups is 1. The van der Waals surface area contributed by atoms with Crippen molar-refractivity contribution in [2.24, 2.45) is 5.92 Å². The summed E-state index contributed by atoms with van der Waals surface area (Å²) in [7, 11) is 0. The number of fused-ring (bicyclic) bond motifs is 2. The quantitative estimate of drug-likeness (QED) is 0.199. The van der Waals surface area contributed by atoms with Crippen molar-refractivity contribution in [2.75, 3.05) is 11.9 Å². The Labute approximate surface area is 217 Å². The molecule has 2 heterocycles. The zero-order valence-corrected chi connectivity index (χ0v) is 20.4. The molecular weight excluding hydrogens is 488 g/mol. The minimum atomic E-state index is -0.577. The molecule has 0 bridgehead atoms. The smallest absolute Gasteiger partial charge is 0.338 e. The number of nitro benzene ring substituents is 1. The predicted octanol–water partition coefficient (Wildman–Crippen LogP) is 4.94. The van der Waals surface area contributed by atoms with Gasteiger partial charge in [-0.05, 0) is 54.9 Å². The second kappa shape index (κ2) is 9.86. The van der Waals surface area contributed by atoms with Crippen LogP contribution in [0.1, 0.15) is 58.3 Å². The van der Waals surface area contributed by atoms with E-state index in [9.17, 15) is 20.0 Å². The van der Waals surface area contributed by atoms with Crippen LogP contribution in [-0.4, -0.2) is 38.7 Å². The SMILES string of the molecule is O=C(OC1CC(c2coc3c(N[C@H]4CCc5ccccc54)ncnc23)CC1CO)c1ccc([N+](=O)[O-])cc1. The van der Waals surface area contributed by atoms with Crippen LogP contribution in [0.5, 0.6) is 0 Å². The molecule has 0 radical (unpaired) electrons. The summed E-state index contributed by atoms with van der Waals surface area (Å²) < 4.78 is 11.7. The number of nitrogens with zero attached hydrogens (tertiary/aromatic N) is 3. The number of nitrogens with one attached hydrogen (secondary N) is 1. The third-order valence-electron chi connectivity index (χ3n) is 7.70. The number of furan rings is 1. The predicted molar refractivity (Wildman–Crippen MR) is 138 cm³/mol. The van der Waals surface area contributed by atoms with Gasteiger partial charge in [-0.2, -0.15) is 0 Å². The Morgan fingerprint density at radius 1 is 1.13 bits per heavy atom. The molecule has 4 aromatic rings. The average molecular weight is 515 g/mol.